The van der Waals surface area contributed by atoms with E-state index < -0.39 is 0 Å². The summed E-state index contributed by atoms with van der Waals surface area (Å²) < 4.78 is 12.0. The number of rotatable bonds is 4. The summed E-state index contributed by atoms with van der Waals surface area (Å²) in [5.74, 6) is 2.37. The van der Waals surface area contributed by atoms with Crippen LogP contribution in [0, 0.1) is 0 Å². The summed E-state index contributed by atoms with van der Waals surface area (Å²) in [4.78, 5) is 4.20. The van der Waals surface area contributed by atoms with Gasteiger partial charge < -0.3 is 9.15 Å². The van der Waals surface area contributed by atoms with Gasteiger partial charge in [0, 0.05) is 24.9 Å². The van der Waals surface area contributed by atoms with Crippen LogP contribution in [-0.2, 0) is 4.74 Å². The van der Waals surface area contributed by atoms with E-state index in [4.69, 9.17) is 9.15 Å². The molecule has 0 unspecified atom stereocenters. The zero-order valence-corrected chi connectivity index (χ0v) is 13.8. The van der Waals surface area contributed by atoms with Crippen molar-refractivity contribution in [1.29, 1.82) is 0 Å². The van der Waals surface area contributed by atoms with Gasteiger partial charge in [0.25, 0.3) is 0 Å². The standard InChI is InChI=1S/C20H19N3O2/c1-2-5-13(6-3-1)18-15(8-10-24-18)19-22-23-20(25-19)17-11-16(17)14-7-4-9-21-12-14/h1-7,9,12,15-18H,8,10-11H2/t15-,16-,17-,18+/m0/s1. The molecule has 0 amide bonds. The van der Waals surface area contributed by atoms with Gasteiger partial charge in [-0.3, -0.25) is 4.98 Å². The fourth-order valence-electron chi connectivity index (χ4n) is 3.79. The molecule has 2 aromatic heterocycles. The minimum atomic E-state index is 0.00261. The van der Waals surface area contributed by atoms with E-state index in [1.54, 1.807) is 6.20 Å². The van der Waals surface area contributed by atoms with Crippen molar-refractivity contribution in [2.45, 2.75) is 36.7 Å². The van der Waals surface area contributed by atoms with Gasteiger partial charge in [-0.1, -0.05) is 36.4 Å². The summed E-state index contributed by atoms with van der Waals surface area (Å²) in [5, 5.41) is 8.69. The zero-order chi connectivity index (χ0) is 16.6. The molecule has 1 saturated carbocycles. The maximum Gasteiger partial charge on any atom is 0.222 e. The lowest BCUT2D eigenvalue weighted by Gasteiger charge is -2.15. The predicted molar refractivity (Wildman–Crippen MR) is 91.1 cm³/mol. The predicted octanol–water partition coefficient (Wildman–Crippen LogP) is 3.98. The Morgan fingerprint density at radius 2 is 1.64 bits per heavy atom. The molecule has 1 aliphatic carbocycles. The summed E-state index contributed by atoms with van der Waals surface area (Å²) in [7, 11) is 0. The van der Waals surface area contributed by atoms with Crippen LogP contribution in [0.4, 0.5) is 0 Å². The molecule has 0 N–H and O–H groups in total. The third kappa shape index (κ3) is 2.74. The molecular formula is C20H19N3O2. The second-order valence-electron chi connectivity index (χ2n) is 6.81. The largest absolute Gasteiger partial charge is 0.425 e. The lowest BCUT2D eigenvalue weighted by molar-refractivity contribution is 0.0997. The summed E-state index contributed by atoms with van der Waals surface area (Å²) in [6, 6.07) is 14.4. The first-order valence-corrected chi connectivity index (χ1v) is 8.80. The van der Waals surface area contributed by atoms with Gasteiger partial charge in [-0.05, 0) is 36.0 Å². The molecule has 5 rings (SSSR count). The van der Waals surface area contributed by atoms with Crippen molar-refractivity contribution < 1.29 is 9.15 Å². The average molecular weight is 333 g/mol. The van der Waals surface area contributed by atoms with Crippen molar-refractivity contribution >= 4 is 0 Å². The van der Waals surface area contributed by atoms with Crippen molar-refractivity contribution in [3.8, 4) is 0 Å². The van der Waals surface area contributed by atoms with E-state index in [2.05, 4.69) is 33.4 Å². The van der Waals surface area contributed by atoms with Crippen LogP contribution in [-0.4, -0.2) is 21.8 Å². The highest BCUT2D eigenvalue weighted by molar-refractivity contribution is 5.28. The van der Waals surface area contributed by atoms with Crippen LogP contribution in [0.5, 0.6) is 0 Å². The Kier molecular flexibility index (Phi) is 3.59. The molecule has 5 nitrogen and oxygen atoms in total. The van der Waals surface area contributed by atoms with Gasteiger partial charge in [0.1, 0.15) is 0 Å². The van der Waals surface area contributed by atoms with E-state index >= 15 is 0 Å². The SMILES string of the molecule is c1ccc([C@H]2OCC[C@@H]2c2nnc([C@H]3C[C@H]3c3cccnc3)o2)cc1. The first kappa shape index (κ1) is 14.8. The number of aromatic nitrogens is 3. The number of benzene rings is 1. The molecule has 3 aromatic rings. The number of nitrogens with zero attached hydrogens (tertiary/aromatic N) is 3. The minimum absolute atomic E-state index is 0.00261. The Morgan fingerprint density at radius 1 is 0.840 bits per heavy atom. The number of hydrogen-bond acceptors (Lipinski definition) is 5. The first-order chi connectivity index (χ1) is 12.4. The van der Waals surface area contributed by atoms with Gasteiger partial charge in [-0.15, -0.1) is 10.2 Å². The number of ether oxygens (including phenoxy) is 1. The first-order valence-electron chi connectivity index (χ1n) is 8.80. The van der Waals surface area contributed by atoms with E-state index in [1.165, 1.54) is 11.1 Å². The highest BCUT2D eigenvalue weighted by atomic mass is 16.5. The molecule has 25 heavy (non-hydrogen) atoms. The summed E-state index contributed by atoms with van der Waals surface area (Å²) in [6.45, 7) is 0.726. The normalized spacial score (nSPS) is 28.2. The third-order valence-corrected chi connectivity index (χ3v) is 5.21. The Hall–Kier alpha value is -2.53. The van der Waals surface area contributed by atoms with E-state index in [0.717, 1.165) is 25.3 Å². The molecule has 5 heteroatoms. The van der Waals surface area contributed by atoms with Crippen molar-refractivity contribution in [2.24, 2.45) is 0 Å². The fourth-order valence-corrected chi connectivity index (χ4v) is 3.79. The minimum Gasteiger partial charge on any atom is -0.425 e. The monoisotopic (exact) mass is 333 g/mol. The quantitative estimate of drug-likeness (QED) is 0.723. The lowest BCUT2D eigenvalue weighted by atomic mass is 9.95. The Morgan fingerprint density at radius 3 is 2.44 bits per heavy atom. The second kappa shape index (κ2) is 6.08. The molecule has 1 aliphatic heterocycles. The van der Waals surface area contributed by atoms with Gasteiger partial charge >= 0.3 is 0 Å². The highest BCUT2D eigenvalue weighted by Gasteiger charge is 2.44. The molecule has 0 bridgehead atoms. The van der Waals surface area contributed by atoms with Gasteiger partial charge in [-0.25, -0.2) is 0 Å². The van der Waals surface area contributed by atoms with Crippen molar-refractivity contribution in [2.75, 3.05) is 6.61 Å². The van der Waals surface area contributed by atoms with Gasteiger partial charge in [0.05, 0.1) is 12.0 Å². The maximum atomic E-state index is 6.07. The van der Waals surface area contributed by atoms with Gasteiger partial charge in [0.15, 0.2) is 0 Å². The lowest BCUT2D eigenvalue weighted by Crippen LogP contribution is -2.06. The van der Waals surface area contributed by atoms with Crippen LogP contribution in [0.15, 0.2) is 59.3 Å². The topological polar surface area (TPSA) is 61.0 Å². The summed E-state index contributed by atoms with van der Waals surface area (Å²) >= 11 is 0. The van der Waals surface area contributed by atoms with E-state index in [-0.39, 0.29) is 12.0 Å². The molecule has 2 fully saturated rings. The van der Waals surface area contributed by atoms with Crippen LogP contribution < -0.4 is 0 Å². The second-order valence-corrected chi connectivity index (χ2v) is 6.81. The summed E-state index contributed by atoms with van der Waals surface area (Å²) in [6.07, 6.45) is 5.70. The molecular weight excluding hydrogens is 314 g/mol. The molecule has 0 radical (unpaired) electrons. The molecule has 126 valence electrons. The van der Waals surface area contributed by atoms with Crippen molar-refractivity contribution in [1.82, 2.24) is 15.2 Å². The zero-order valence-electron chi connectivity index (χ0n) is 13.8. The van der Waals surface area contributed by atoms with E-state index in [1.807, 2.05) is 30.5 Å². The Balaban J connectivity index is 1.35. The van der Waals surface area contributed by atoms with Crippen LogP contribution in [0.2, 0.25) is 0 Å². The highest BCUT2D eigenvalue weighted by Crippen LogP contribution is 2.54. The fraction of sp³-hybridized carbons (Fsp3) is 0.350. The van der Waals surface area contributed by atoms with Crippen LogP contribution >= 0.6 is 0 Å². The Labute approximate surface area is 146 Å². The van der Waals surface area contributed by atoms with Crippen LogP contribution in [0.1, 0.15) is 59.6 Å². The number of hydrogen-bond donors (Lipinski definition) is 0. The molecule has 4 atom stereocenters. The van der Waals surface area contributed by atoms with Crippen molar-refractivity contribution in [3.05, 3.63) is 77.8 Å². The summed E-state index contributed by atoms with van der Waals surface area (Å²) in [5.41, 5.74) is 2.42. The molecule has 1 saturated heterocycles. The van der Waals surface area contributed by atoms with Crippen LogP contribution in [0.3, 0.4) is 0 Å². The molecule has 0 spiro atoms. The molecule has 2 aliphatic rings. The maximum absolute atomic E-state index is 6.07. The smallest absolute Gasteiger partial charge is 0.222 e. The molecule has 1 aromatic carbocycles. The van der Waals surface area contributed by atoms with Crippen molar-refractivity contribution in [3.63, 3.8) is 0 Å². The van der Waals surface area contributed by atoms with Gasteiger partial charge in [0.2, 0.25) is 11.8 Å². The van der Waals surface area contributed by atoms with E-state index in [0.29, 0.717) is 17.7 Å². The average Bonchev–Trinajstić information content (AvgIpc) is 3.08. The Bertz CT molecular complexity index is 850. The van der Waals surface area contributed by atoms with Gasteiger partial charge in [-0.2, -0.15) is 0 Å². The molecule has 3 heterocycles. The third-order valence-electron chi connectivity index (χ3n) is 5.21. The van der Waals surface area contributed by atoms with E-state index in [9.17, 15) is 0 Å². The van der Waals surface area contributed by atoms with Crippen LogP contribution in [0.25, 0.3) is 0 Å². The number of pyridine rings is 1.